The fourth-order valence-electron chi connectivity index (χ4n) is 2.13. The van der Waals surface area contributed by atoms with E-state index in [1.54, 1.807) is 12.1 Å². The predicted octanol–water partition coefficient (Wildman–Crippen LogP) is 3.08. The lowest BCUT2D eigenvalue weighted by Crippen LogP contribution is -2.42. The number of nitrogens with one attached hydrogen (secondary N) is 2. The zero-order valence-electron chi connectivity index (χ0n) is 14.7. The summed E-state index contributed by atoms with van der Waals surface area (Å²) < 4.78 is 27.5. The number of sulfonamides is 1. The van der Waals surface area contributed by atoms with Crippen molar-refractivity contribution >= 4 is 15.9 Å². The van der Waals surface area contributed by atoms with E-state index >= 15 is 0 Å². The Morgan fingerprint density at radius 3 is 2.36 bits per heavy atom. The highest BCUT2D eigenvalue weighted by molar-refractivity contribution is 7.89. The Labute approximate surface area is 149 Å². The average Bonchev–Trinajstić information content (AvgIpc) is 2.61. The van der Waals surface area contributed by atoms with Crippen molar-refractivity contribution in [2.24, 2.45) is 0 Å². The Hall–Kier alpha value is -2.18. The predicted molar refractivity (Wildman–Crippen MR) is 98.7 cm³/mol. The van der Waals surface area contributed by atoms with Crippen LogP contribution in [0.5, 0.6) is 0 Å². The minimum atomic E-state index is -3.69. The summed E-state index contributed by atoms with van der Waals surface area (Å²) in [6, 6.07) is 15.3. The SMILES string of the molecule is CCC(C)(C)NC(=O)c1cccc(S(=O)(=O)NCc2ccccc2)c1. The van der Waals surface area contributed by atoms with E-state index < -0.39 is 10.0 Å². The van der Waals surface area contributed by atoms with Gasteiger partial charge in [0.15, 0.2) is 0 Å². The smallest absolute Gasteiger partial charge is 0.251 e. The van der Waals surface area contributed by atoms with E-state index in [1.807, 2.05) is 51.1 Å². The molecule has 0 radical (unpaired) electrons. The Balaban J connectivity index is 2.15. The van der Waals surface area contributed by atoms with Crippen molar-refractivity contribution in [1.29, 1.82) is 0 Å². The molecule has 0 bridgehead atoms. The van der Waals surface area contributed by atoms with Crippen molar-refractivity contribution in [2.75, 3.05) is 0 Å². The second-order valence-corrected chi connectivity index (χ2v) is 8.30. The van der Waals surface area contributed by atoms with Crippen molar-refractivity contribution in [3.05, 3.63) is 65.7 Å². The van der Waals surface area contributed by atoms with Gasteiger partial charge in [-0.05, 0) is 44.0 Å². The van der Waals surface area contributed by atoms with Crippen molar-refractivity contribution in [3.63, 3.8) is 0 Å². The van der Waals surface area contributed by atoms with Gasteiger partial charge in [0.05, 0.1) is 4.90 Å². The van der Waals surface area contributed by atoms with E-state index in [-0.39, 0.29) is 22.9 Å². The Kier molecular flexibility index (Phi) is 5.98. The molecular weight excluding hydrogens is 336 g/mol. The van der Waals surface area contributed by atoms with E-state index in [1.165, 1.54) is 12.1 Å². The standard InChI is InChI=1S/C19H24N2O3S/c1-4-19(2,3)21-18(22)16-11-8-12-17(13-16)25(23,24)20-14-15-9-6-5-7-10-15/h5-13,20H,4,14H2,1-3H3,(H,21,22). The molecule has 0 saturated heterocycles. The number of amides is 1. The van der Waals surface area contributed by atoms with Gasteiger partial charge in [0.25, 0.3) is 5.91 Å². The summed E-state index contributed by atoms with van der Waals surface area (Å²) in [5.74, 6) is -0.285. The molecule has 0 saturated carbocycles. The van der Waals surface area contributed by atoms with Gasteiger partial charge in [-0.2, -0.15) is 0 Å². The maximum Gasteiger partial charge on any atom is 0.251 e. The molecular formula is C19H24N2O3S. The molecule has 2 aromatic carbocycles. The van der Waals surface area contributed by atoms with Crippen molar-refractivity contribution < 1.29 is 13.2 Å². The molecule has 134 valence electrons. The molecule has 5 nitrogen and oxygen atoms in total. The van der Waals surface area contributed by atoms with Gasteiger partial charge >= 0.3 is 0 Å². The first-order chi connectivity index (χ1) is 11.7. The third kappa shape index (κ3) is 5.41. The normalized spacial score (nSPS) is 12.0. The van der Waals surface area contributed by atoms with Crippen LogP contribution in [-0.4, -0.2) is 19.9 Å². The first kappa shape index (κ1) is 19.1. The van der Waals surface area contributed by atoms with E-state index in [0.717, 1.165) is 12.0 Å². The van der Waals surface area contributed by atoms with Crippen LogP contribution in [0.1, 0.15) is 43.1 Å². The minimum absolute atomic E-state index is 0.0744. The van der Waals surface area contributed by atoms with Gasteiger partial charge in [0.1, 0.15) is 0 Å². The maximum absolute atomic E-state index is 12.5. The quantitative estimate of drug-likeness (QED) is 0.797. The lowest BCUT2D eigenvalue weighted by atomic mass is 10.0. The lowest BCUT2D eigenvalue weighted by Gasteiger charge is -2.24. The molecule has 0 aliphatic carbocycles. The molecule has 0 fully saturated rings. The second-order valence-electron chi connectivity index (χ2n) is 6.53. The van der Waals surface area contributed by atoms with E-state index in [9.17, 15) is 13.2 Å². The van der Waals surface area contributed by atoms with Gasteiger partial charge in [-0.3, -0.25) is 4.79 Å². The highest BCUT2D eigenvalue weighted by Crippen LogP contribution is 2.14. The second kappa shape index (κ2) is 7.80. The molecule has 0 heterocycles. The summed E-state index contributed by atoms with van der Waals surface area (Å²) in [7, 11) is -3.69. The van der Waals surface area contributed by atoms with Crippen molar-refractivity contribution in [1.82, 2.24) is 10.0 Å². The van der Waals surface area contributed by atoms with Crippen molar-refractivity contribution in [3.8, 4) is 0 Å². The van der Waals surface area contributed by atoms with E-state index in [0.29, 0.717) is 5.56 Å². The van der Waals surface area contributed by atoms with Crippen LogP contribution < -0.4 is 10.0 Å². The van der Waals surface area contributed by atoms with Crippen LogP contribution in [-0.2, 0) is 16.6 Å². The first-order valence-corrected chi connectivity index (χ1v) is 9.68. The summed E-state index contributed by atoms with van der Waals surface area (Å²) >= 11 is 0. The number of hydrogen-bond donors (Lipinski definition) is 2. The van der Waals surface area contributed by atoms with Gasteiger partial charge in [-0.25, -0.2) is 13.1 Å². The number of benzene rings is 2. The van der Waals surface area contributed by atoms with E-state index in [2.05, 4.69) is 10.0 Å². The van der Waals surface area contributed by atoms with Gasteiger partial charge in [0, 0.05) is 17.6 Å². The summed E-state index contributed by atoms with van der Waals surface area (Å²) in [5, 5.41) is 2.90. The summed E-state index contributed by atoms with van der Waals surface area (Å²) in [6.07, 6.45) is 0.773. The van der Waals surface area contributed by atoms with Crippen LogP contribution in [0, 0.1) is 0 Å². The molecule has 0 spiro atoms. The van der Waals surface area contributed by atoms with Gasteiger partial charge in [-0.15, -0.1) is 0 Å². The first-order valence-electron chi connectivity index (χ1n) is 8.20. The monoisotopic (exact) mass is 360 g/mol. The topological polar surface area (TPSA) is 75.3 Å². The van der Waals surface area contributed by atoms with Crippen LogP contribution >= 0.6 is 0 Å². The highest BCUT2D eigenvalue weighted by Gasteiger charge is 2.21. The molecule has 0 atom stereocenters. The summed E-state index contributed by atoms with van der Waals surface area (Å²) in [5.41, 5.74) is 0.839. The third-order valence-corrected chi connectivity index (χ3v) is 5.45. The fraction of sp³-hybridized carbons (Fsp3) is 0.316. The van der Waals surface area contributed by atoms with Gasteiger partial charge in [-0.1, -0.05) is 43.3 Å². The summed E-state index contributed by atoms with van der Waals surface area (Å²) in [6.45, 7) is 6.02. The van der Waals surface area contributed by atoms with Crippen molar-refractivity contribution in [2.45, 2.75) is 44.2 Å². The van der Waals surface area contributed by atoms with Crippen LogP contribution in [0.3, 0.4) is 0 Å². The molecule has 2 aromatic rings. The maximum atomic E-state index is 12.5. The number of hydrogen-bond acceptors (Lipinski definition) is 3. The zero-order chi connectivity index (χ0) is 18.5. The van der Waals surface area contributed by atoms with Crippen LogP contribution in [0.2, 0.25) is 0 Å². The lowest BCUT2D eigenvalue weighted by molar-refractivity contribution is 0.0911. The number of carbonyl (C=O) groups excluding carboxylic acids is 1. The molecule has 25 heavy (non-hydrogen) atoms. The number of rotatable bonds is 7. The van der Waals surface area contributed by atoms with Gasteiger partial charge < -0.3 is 5.32 Å². The Morgan fingerprint density at radius 2 is 1.72 bits per heavy atom. The van der Waals surface area contributed by atoms with E-state index in [4.69, 9.17) is 0 Å². The van der Waals surface area contributed by atoms with Gasteiger partial charge in [0.2, 0.25) is 10.0 Å². The molecule has 0 unspecified atom stereocenters. The average molecular weight is 360 g/mol. The zero-order valence-corrected chi connectivity index (χ0v) is 15.6. The fourth-order valence-corrected chi connectivity index (χ4v) is 3.19. The minimum Gasteiger partial charge on any atom is -0.347 e. The molecule has 1 amide bonds. The molecule has 2 rings (SSSR count). The number of carbonyl (C=O) groups is 1. The summed E-state index contributed by atoms with van der Waals surface area (Å²) in [4.78, 5) is 12.4. The Morgan fingerprint density at radius 1 is 1.04 bits per heavy atom. The highest BCUT2D eigenvalue weighted by atomic mass is 32.2. The van der Waals surface area contributed by atoms with Crippen LogP contribution in [0.25, 0.3) is 0 Å². The molecule has 0 aliphatic heterocycles. The van der Waals surface area contributed by atoms with Crippen LogP contribution in [0.4, 0.5) is 0 Å². The molecule has 0 aromatic heterocycles. The molecule has 2 N–H and O–H groups in total. The molecule has 6 heteroatoms. The third-order valence-electron chi connectivity index (χ3n) is 4.05. The molecule has 0 aliphatic rings. The van der Waals surface area contributed by atoms with Crippen LogP contribution in [0.15, 0.2) is 59.5 Å². The Bertz CT molecular complexity index is 831. The largest absolute Gasteiger partial charge is 0.347 e.